The van der Waals surface area contributed by atoms with E-state index in [1.807, 2.05) is 0 Å². The zero-order chi connectivity index (χ0) is 8.36. The molecule has 10 heavy (non-hydrogen) atoms. The summed E-state index contributed by atoms with van der Waals surface area (Å²) < 4.78 is 43.8. The fraction of sp³-hybridized carbons (Fsp3) is 1.00. The van der Waals surface area contributed by atoms with Gasteiger partial charge in [0.2, 0.25) is 0 Å². The van der Waals surface area contributed by atoms with Gasteiger partial charge in [-0.3, -0.25) is 4.84 Å². The van der Waals surface area contributed by atoms with Crippen LogP contribution in [0, 0.1) is 0 Å². The Balaban J connectivity index is 4.42. The summed E-state index contributed by atoms with van der Waals surface area (Å²) in [7, 11) is -2.67. The van der Waals surface area contributed by atoms with Crippen molar-refractivity contribution in [2.24, 2.45) is 0 Å². The van der Waals surface area contributed by atoms with Gasteiger partial charge in [-0.05, 0) is 0 Å². The first-order valence-electron chi connectivity index (χ1n) is 2.23. The largest absolute Gasteiger partial charge is 0.352 e. The van der Waals surface area contributed by atoms with Crippen LogP contribution in [0.2, 0.25) is 0 Å². The molecular weight excluding hydrogens is 168 g/mol. The SMILES string of the molecule is CON(C)S(=O)(=O)C(F)F. The first kappa shape index (κ1) is 9.73. The van der Waals surface area contributed by atoms with Gasteiger partial charge in [0.1, 0.15) is 0 Å². The zero-order valence-corrected chi connectivity index (χ0v) is 6.23. The van der Waals surface area contributed by atoms with Crippen LogP contribution in [-0.2, 0) is 14.9 Å². The van der Waals surface area contributed by atoms with Crippen molar-refractivity contribution >= 4 is 10.0 Å². The standard InChI is InChI=1S/C3H7F2NO3S/c1-6(9-2)10(7,8)3(4)5/h3H,1-2H3. The molecule has 0 unspecified atom stereocenters. The van der Waals surface area contributed by atoms with Crippen LogP contribution in [0.25, 0.3) is 0 Å². The van der Waals surface area contributed by atoms with E-state index in [9.17, 15) is 17.2 Å². The Bertz CT molecular complexity index is 190. The fourth-order valence-electron chi connectivity index (χ4n) is 0.216. The fourth-order valence-corrected chi connectivity index (χ4v) is 0.648. The molecule has 0 aliphatic rings. The van der Waals surface area contributed by atoms with Gasteiger partial charge in [0.05, 0.1) is 7.11 Å². The Labute approximate surface area is 57.4 Å². The summed E-state index contributed by atoms with van der Waals surface area (Å²) in [6, 6.07) is 0. The lowest BCUT2D eigenvalue weighted by Crippen LogP contribution is -2.30. The number of rotatable bonds is 3. The highest BCUT2D eigenvalue weighted by molar-refractivity contribution is 7.89. The topological polar surface area (TPSA) is 46.6 Å². The summed E-state index contributed by atoms with van der Waals surface area (Å²) in [4.78, 5) is 4.04. The molecule has 0 aliphatic heterocycles. The third kappa shape index (κ3) is 1.86. The normalized spacial score (nSPS) is 13.0. The van der Waals surface area contributed by atoms with E-state index >= 15 is 0 Å². The molecule has 0 atom stereocenters. The minimum absolute atomic E-state index is 0.109. The summed E-state index contributed by atoms with van der Waals surface area (Å²) in [5.74, 6) is -3.43. The molecule has 62 valence electrons. The third-order valence-electron chi connectivity index (χ3n) is 0.841. The van der Waals surface area contributed by atoms with Gasteiger partial charge in [-0.1, -0.05) is 4.47 Å². The summed E-state index contributed by atoms with van der Waals surface area (Å²) in [5.41, 5.74) is 0. The predicted molar refractivity (Wildman–Crippen MR) is 29.7 cm³/mol. The monoisotopic (exact) mass is 175 g/mol. The van der Waals surface area contributed by atoms with Gasteiger partial charge >= 0.3 is 5.76 Å². The Kier molecular flexibility index (Phi) is 3.13. The molecule has 0 radical (unpaired) electrons. The predicted octanol–water partition coefficient (Wildman–Crippen LogP) is 0.0320. The number of hydroxylamine groups is 1. The van der Waals surface area contributed by atoms with Crippen LogP contribution in [-0.4, -0.2) is 32.8 Å². The minimum Gasteiger partial charge on any atom is -0.288 e. The van der Waals surface area contributed by atoms with Crippen molar-refractivity contribution < 1.29 is 22.0 Å². The quantitative estimate of drug-likeness (QED) is 0.568. The number of alkyl halides is 2. The minimum atomic E-state index is -4.55. The molecule has 0 aromatic heterocycles. The summed E-state index contributed by atoms with van der Waals surface area (Å²) >= 11 is 0. The van der Waals surface area contributed by atoms with Crippen molar-refractivity contribution in [3.63, 3.8) is 0 Å². The zero-order valence-electron chi connectivity index (χ0n) is 5.41. The molecule has 0 aromatic rings. The maximum absolute atomic E-state index is 11.5. The second kappa shape index (κ2) is 3.22. The van der Waals surface area contributed by atoms with Crippen molar-refractivity contribution in [3.05, 3.63) is 0 Å². The van der Waals surface area contributed by atoms with Gasteiger partial charge in [-0.25, -0.2) is 8.42 Å². The molecule has 0 bridgehead atoms. The van der Waals surface area contributed by atoms with E-state index in [1.165, 1.54) is 0 Å². The molecule has 7 heteroatoms. The van der Waals surface area contributed by atoms with Crippen LogP contribution < -0.4 is 0 Å². The van der Waals surface area contributed by atoms with E-state index in [2.05, 4.69) is 4.84 Å². The molecule has 0 heterocycles. The Morgan fingerprint density at radius 3 is 2.00 bits per heavy atom. The number of hydrogen-bond donors (Lipinski definition) is 0. The second-order valence-corrected chi connectivity index (χ2v) is 3.30. The van der Waals surface area contributed by atoms with E-state index in [0.717, 1.165) is 14.2 Å². The lowest BCUT2D eigenvalue weighted by atomic mass is 11.5. The van der Waals surface area contributed by atoms with Crippen molar-refractivity contribution in [2.45, 2.75) is 5.76 Å². The maximum atomic E-state index is 11.5. The van der Waals surface area contributed by atoms with Crippen LogP contribution in [0.15, 0.2) is 0 Å². The Morgan fingerprint density at radius 2 is 1.90 bits per heavy atom. The summed E-state index contributed by atoms with van der Waals surface area (Å²) in [6.07, 6.45) is 0. The molecule has 0 rings (SSSR count). The maximum Gasteiger partial charge on any atom is 0.352 e. The lowest BCUT2D eigenvalue weighted by Gasteiger charge is -2.11. The van der Waals surface area contributed by atoms with Crippen LogP contribution in [0.1, 0.15) is 0 Å². The number of halogens is 2. The smallest absolute Gasteiger partial charge is 0.288 e. The van der Waals surface area contributed by atoms with Crippen LogP contribution in [0.5, 0.6) is 0 Å². The van der Waals surface area contributed by atoms with E-state index in [-0.39, 0.29) is 4.47 Å². The average molecular weight is 175 g/mol. The first-order chi connectivity index (χ1) is 4.42. The van der Waals surface area contributed by atoms with Crippen molar-refractivity contribution in [1.82, 2.24) is 4.47 Å². The molecular formula is C3H7F2NO3S. The lowest BCUT2D eigenvalue weighted by molar-refractivity contribution is -0.0316. The van der Waals surface area contributed by atoms with Gasteiger partial charge < -0.3 is 0 Å². The van der Waals surface area contributed by atoms with Crippen molar-refractivity contribution in [1.29, 1.82) is 0 Å². The molecule has 0 aliphatic carbocycles. The molecule has 0 N–H and O–H groups in total. The summed E-state index contributed by atoms with van der Waals surface area (Å²) in [5, 5.41) is 0. The number of nitrogens with zero attached hydrogens (tertiary/aromatic N) is 1. The number of hydrogen-bond acceptors (Lipinski definition) is 3. The molecule has 0 amide bonds. The van der Waals surface area contributed by atoms with E-state index in [4.69, 9.17) is 0 Å². The Hall–Kier alpha value is -0.270. The van der Waals surface area contributed by atoms with E-state index in [0.29, 0.717) is 0 Å². The van der Waals surface area contributed by atoms with Crippen LogP contribution in [0.3, 0.4) is 0 Å². The third-order valence-corrected chi connectivity index (χ3v) is 2.16. The molecule has 0 aromatic carbocycles. The van der Waals surface area contributed by atoms with Gasteiger partial charge in [0.25, 0.3) is 10.0 Å². The highest BCUT2D eigenvalue weighted by atomic mass is 32.2. The molecule has 0 spiro atoms. The molecule has 0 fully saturated rings. The molecule has 0 saturated heterocycles. The van der Waals surface area contributed by atoms with Crippen LogP contribution in [0.4, 0.5) is 8.78 Å². The van der Waals surface area contributed by atoms with Gasteiger partial charge in [-0.2, -0.15) is 8.78 Å². The van der Waals surface area contributed by atoms with Crippen molar-refractivity contribution in [3.8, 4) is 0 Å². The number of sulfonamides is 1. The van der Waals surface area contributed by atoms with E-state index < -0.39 is 15.8 Å². The Morgan fingerprint density at radius 1 is 1.50 bits per heavy atom. The molecule has 0 saturated carbocycles. The highest BCUT2D eigenvalue weighted by Crippen LogP contribution is 2.08. The van der Waals surface area contributed by atoms with Crippen LogP contribution >= 0.6 is 0 Å². The van der Waals surface area contributed by atoms with E-state index in [1.54, 1.807) is 0 Å². The van der Waals surface area contributed by atoms with Crippen molar-refractivity contribution in [2.75, 3.05) is 14.2 Å². The summed E-state index contributed by atoms with van der Waals surface area (Å²) in [6.45, 7) is 0. The van der Waals surface area contributed by atoms with Gasteiger partial charge in [0.15, 0.2) is 0 Å². The highest BCUT2D eigenvalue weighted by Gasteiger charge is 2.29. The first-order valence-corrected chi connectivity index (χ1v) is 3.73. The second-order valence-electron chi connectivity index (χ2n) is 1.40. The van der Waals surface area contributed by atoms with Gasteiger partial charge in [0, 0.05) is 7.05 Å². The average Bonchev–Trinajstić information content (AvgIpc) is 1.86. The molecule has 4 nitrogen and oxygen atoms in total. The van der Waals surface area contributed by atoms with Gasteiger partial charge in [-0.15, -0.1) is 0 Å².